The van der Waals surface area contributed by atoms with Crippen LogP contribution in [-0.2, 0) is 9.59 Å². The summed E-state index contributed by atoms with van der Waals surface area (Å²) in [5, 5.41) is 9.43. The summed E-state index contributed by atoms with van der Waals surface area (Å²) in [6.45, 7) is 3.95. The highest BCUT2D eigenvalue weighted by Gasteiger charge is 2.46. The number of carbonyl (C=O) groups is 2. The predicted octanol–water partition coefficient (Wildman–Crippen LogP) is 2.47. The van der Waals surface area contributed by atoms with Crippen LogP contribution in [0, 0.1) is 5.92 Å². The van der Waals surface area contributed by atoms with Gasteiger partial charge >= 0.3 is 5.97 Å². The first-order valence-corrected chi connectivity index (χ1v) is 7.17. The molecule has 1 amide bonds. The fraction of sp³-hybridized carbons (Fsp3) is 0.500. The van der Waals surface area contributed by atoms with Crippen LogP contribution < -0.4 is 4.74 Å². The summed E-state index contributed by atoms with van der Waals surface area (Å²) >= 11 is 0. The van der Waals surface area contributed by atoms with Crippen molar-refractivity contribution in [2.45, 2.75) is 38.8 Å². The molecule has 0 aliphatic carbocycles. The zero-order valence-electron chi connectivity index (χ0n) is 12.6. The standard InChI is InChI=1S/C16H21NO4/c1-4-10(2)17-14(18)9-13(16(19)20)15(17)11-5-7-12(21-3)8-6-11/h5-8,10,13,15H,4,9H2,1-3H3,(H,19,20)/t10-,13+,15+/m0/s1. The molecule has 1 fully saturated rings. The number of rotatable bonds is 5. The summed E-state index contributed by atoms with van der Waals surface area (Å²) in [7, 11) is 1.58. The third-order valence-electron chi connectivity index (χ3n) is 4.20. The van der Waals surface area contributed by atoms with Gasteiger partial charge in [0.05, 0.1) is 19.1 Å². The Labute approximate surface area is 124 Å². The molecule has 3 atom stereocenters. The summed E-state index contributed by atoms with van der Waals surface area (Å²) in [4.78, 5) is 25.5. The Kier molecular flexibility index (Phi) is 4.50. The summed E-state index contributed by atoms with van der Waals surface area (Å²) < 4.78 is 5.13. The van der Waals surface area contributed by atoms with Crippen molar-refractivity contribution in [3.63, 3.8) is 0 Å². The lowest BCUT2D eigenvalue weighted by molar-refractivity contribution is -0.142. The molecule has 1 aliphatic rings. The molecule has 0 bridgehead atoms. The Balaban J connectivity index is 2.40. The zero-order valence-corrected chi connectivity index (χ0v) is 12.6. The van der Waals surface area contributed by atoms with Crippen molar-refractivity contribution in [3.05, 3.63) is 29.8 Å². The molecule has 1 aliphatic heterocycles. The van der Waals surface area contributed by atoms with Crippen LogP contribution in [0.15, 0.2) is 24.3 Å². The van der Waals surface area contributed by atoms with Crippen molar-refractivity contribution in [2.24, 2.45) is 5.92 Å². The molecule has 1 heterocycles. The quantitative estimate of drug-likeness (QED) is 0.905. The number of hydrogen-bond acceptors (Lipinski definition) is 3. The summed E-state index contributed by atoms with van der Waals surface area (Å²) in [5.41, 5.74) is 0.842. The molecule has 1 aromatic carbocycles. The van der Waals surface area contributed by atoms with E-state index in [2.05, 4.69) is 0 Å². The van der Waals surface area contributed by atoms with Crippen LogP contribution in [0.3, 0.4) is 0 Å². The van der Waals surface area contributed by atoms with Crippen molar-refractivity contribution < 1.29 is 19.4 Å². The first kappa shape index (κ1) is 15.4. The number of methoxy groups -OCH3 is 1. The highest BCUT2D eigenvalue weighted by atomic mass is 16.5. The zero-order chi connectivity index (χ0) is 15.6. The van der Waals surface area contributed by atoms with E-state index in [9.17, 15) is 14.7 Å². The minimum absolute atomic E-state index is 0.0222. The van der Waals surface area contributed by atoms with Crippen molar-refractivity contribution in [2.75, 3.05) is 7.11 Å². The number of nitrogens with zero attached hydrogens (tertiary/aromatic N) is 1. The van der Waals surface area contributed by atoms with Gasteiger partial charge in [-0.05, 0) is 31.0 Å². The van der Waals surface area contributed by atoms with Crippen molar-refractivity contribution >= 4 is 11.9 Å². The molecule has 114 valence electrons. The molecule has 0 unspecified atom stereocenters. The van der Waals surface area contributed by atoms with Crippen molar-refractivity contribution in [1.82, 2.24) is 4.90 Å². The Morgan fingerprint density at radius 2 is 2.05 bits per heavy atom. The van der Waals surface area contributed by atoms with Gasteiger partial charge in [0.1, 0.15) is 5.75 Å². The number of hydrogen-bond donors (Lipinski definition) is 1. The van der Waals surface area contributed by atoms with Gasteiger partial charge in [0.2, 0.25) is 5.91 Å². The Morgan fingerprint density at radius 3 is 2.52 bits per heavy atom. The predicted molar refractivity (Wildman–Crippen MR) is 78.1 cm³/mol. The van der Waals surface area contributed by atoms with Gasteiger partial charge in [-0.1, -0.05) is 19.1 Å². The number of carbonyl (C=O) groups excluding carboxylic acids is 1. The van der Waals surface area contributed by atoms with E-state index in [1.807, 2.05) is 26.0 Å². The third-order valence-corrected chi connectivity index (χ3v) is 4.20. The first-order chi connectivity index (χ1) is 9.99. The van der Waals surface area contributed by atoms with Gasteiger partial charge in [0, 0.05) is 12.5 Å². The van der Waals surface area contributed by atoms with Gasteiger partial charge in [0.25, 0.3) is 0 Å². The van der Waals surface area contributed by atoms with Gasteiger partial charge in [0.15, 0.2) is 0 Å². The number of aliphatic carboxylic acids is 1. The van der Waals surface area contributed by atoms with Crippen LogP contribution in [0.5, 0.6) is 5.75 Å². The number of likely N-dealkylation sites (tertiary alicyclic amines) is 1. The number of benzene rings is 1. The van der Waals surface area contributed by atoms with Gasteiger partial charge < -0.3 is 14.7 Å². The van der Waals surface area contributed by atoms with E-state index >= 15 is 0 Å². The van der Waals surface area contributed by atoms with Crippen LogP contribution >= 0.6 is 0 Å². The molecule has 21 heavy (non-hydrogen) atoms. The minimum atomic E-state index is -0.921. The second-order valence-electron chi connectivity index (χ2n) is 5.43. The van der Waals surface area contributed by atoms with Gasteiger partial charge in [-0.2, -0.15) is 0 Å². The normalized spacial score (nSPS) is 23.2. The van der Waals surface area contributed by atoms with E-state index in [0.29, 0.717) is 5.75 Å². The number of carboxylic acids is 1. The maximum atomic E-state index is 12.2. The lowest BCUT2D eigenvalue weighted by Gasteiger charge is -2.32. The minimum Gasteiger partial charge on any atom is -0.497 e. The van der Waals surface area contributed by atoms with Crippen LogP contribution in [0.25, 0.3) is 0 Å². The van der Waals surface area contributed by atoms with Gasteiger partial charge in [-0.3, -0.25) is 9.59 Å². The number of ether oxygens (including phenoxy) is 1. The smallest absolute Gasteiger partial charge is 0.309 e. The maximum Gasteiger partial charge on any atom is 0.309 e. The van der Waals surface area contributed by atoms with Crippen molar-refractivity contribution in [3.8, 4) is 5.75 Å². The topological polar surface area (TPSA) is 66.8 Å². The van der Waals surface area contributed by atoms with Gasteiger partial charge in [-0.25, -0.2) is 0 Å². The first-order valence-electron chi connectivity index (χ1n) is 7.17. The SMILES string of the molecule is CC[C@H](C)N1C(=O)C[C@@H](C(=O)O)[C@H]1c1ccc(OC)cc1. The second kappa shape index (κ2) is 6.16. The molecule has 1 saturated heterocycles. The summed E-state index contributed by atoms with van der Waals surface area (Å²) in [6.07, 6.45) is 0.862. The molecule has 1 aromatic rings. The fourth-order valence-corrected chi connectivity index (χ4v) is 2.89. The lowest BCUT2D eigenvalue weighted by atomic mass is 9.93. The van der Waals surface area contributed by atoms with Crippen LogP contribution in [0.1, 0.15) is 38.3 Å². The van der Waals surface area contributed by atoms with E-state index in [1.54, 1.807) is 24.1 Å². The Morgan fingerprint density at radius 1 is 1.43 bits per heavy atom. The summed E-state index contributed by atoms with van der Waals surface area (Å²) in [5.74, 6) is -0.988. The molecule has 2 rings (SSSR count). The maximum absolute atomic E-state index is 12.2. The third kappa shape index (κ3) is 2.86. The molecule has 1 N–H and O–H groups in total. The highest BCUT2D eigenvalue weighted by molar-refractivity contribution is 5.87. The Hall–Kier alpha value is -2.04. The lowest BCUT2D eigenvalue weighted by Crippen LogP contribution is -2.37. The Bertz CT molecular complexity index is 526. The van der Waals surface area contributed by atoms with E-state index in [1.165, 1.54) is 0 Å². The molecule has 0 saturated carbocycles. The molecule has 0 radical (unpaired) electrons. The average molecular weight is 291 g/mol. The highest BCUT2D eigenvalue weighted by Crippen LogP contribution is 2.40. The number of carboxylic acid groups (broad SMARTS) is 1. The van der Waals surface area contributed by atoms with E-state index in [-0.39, 0.29) is 18.4 Å². The van der Waals surface area contributed by atoms with Crippen LogP contribution in [0.4, 0.5) is 0 Å². The van der Waals surface area contributed by atoms with E-state index in [4.69, 9.17) is 4.74 Å². The van der Waals surface area contributed by atoms with Gasteiger partial charge in [-0.15, -0.1) is 0 Å². The number of amides is 1. The molecule has 0 spiro atoms. The summed E-state index contributed by atoms with van der Waals surface area (Å²) in [6, 6.07) is 6.89. The largest absolute Gasteiger partial charge is 0.497 e. The monoisotopic (exact) mass is 291 g/mol. The molecule has 5 nitrogen and oxygen atoms in total. The van der Waals surface area contributed by atoms with Crippen LogP contribution in [-0.4, -0.2) is 35.0 Å². The van der Waals surface area contributed by atoms with Crippen molar-refractivity contribution in [1.29, 1.82) is 0 Å². The molecular formula is C16H21NO4. The average Bonchev–Trinajstić information content (AvgIpc) is 2.84. The van der Waals surface area contributed by atoms with E-state index in [0.717, 1.165) is 12.0 Å². The molecule has 0 aromatic heterocycles. The molecule has 5 heteroatoms. The molecular weight excluding hydrogens is 270 g/mol. The van der Waals surface area contributed by atoms with E-state index < -0.39 is 17.9 Å². The van der Waals surface area contributed by atoms with Crippen LogP contribution in [0.2, 0.25) is 0 Å². The second-order valence-corrected chi connectivity index (χ2v) is 5.43. The fourth-order valence-electron chi connectivity index (χ4n) is 2.89.